The predicted octanol–water partition coefficient (Wildman–Crippen LogP) is 2.21. The average Bonchev–Trinajstić information content (AvgIpc) is 3.30. The first kappa shape index (κ1) is 18.0. The standard InChI is InChI=1S/C20H26N6OS/c1-13-9-21-18-17(13)19(23-12-22-18)25-7-8-28-16(11-25)20(27)26-6-4-14-3-5-24(2)15(14)10-26/h9,11-12,14-15H,3-8,10H2,1-2H3,(H,21,22,23)/t14-,15+/m1/s1. The van der Waals surface area contributed by atoms with Gasteiger partial charge in [-0.1, -0.05) is 0 Å². The number of aryl methyl sites for hydroxylation is 1. The van der Waals surface area contributed by atoms with Crippen molar-refractivity contribution in [2.75, 3.05) is 43.9 Å². The van der Waals surface area contributed by atoms with Crippen molar-refractivity contribution in [3.8, 4) is 0 Å². The molecule has 0 bridgehead atoms. The summed E-state index contributed by atoms with van der Waals surface area (Å²) in [5.41, 5.74) is 1.96. The van der Waals surface area contributed by atoms with Gasteiger partial charge in [0.1, 0.15) is 17.8 Å². The topological polar surface area (TPSA) is 68.4 Å². The van der Waals surface area contributed by atoms with Crippen molar-refractivity contribution in [2.45, 2.75) is 25.8 Å². The Kier molecular flexibility index (Phi) is 4.55. The van der Waals surface area contributed by atoms with Gasteiger partial charge < -0.3 is 19.7 Å². The Labute approximate surface area is 169 Å². The van der Waals surface area contributed by atoms with Gasteiger partial charge in [-0.2, -0.15) is 0 Å². The number of nitrogens with zero attached hydrogens (tertiary/aromatic N) is 5. The van der Waals surface area contributed by atoms with Gasteiger partial charge in [0.15, 0.2) is 0 Å². The van der Waals surface area contributed by atoms with Gasteiger partial charge in [0.25, 0.3) is 5.91 Å². The monoisotopic (exact) mass is 398 g/mol. The van der Waals surface area contributed by atoms with E-state index in [9.17, 15) is 4.79 Å². The first-order chi connectivity index (χ1) is 13.6. The van der Waals surface area contributed by atoms with Crippen LogP contribution in [-0.4, -0.2) is 75.7 Å². The van der Waals surface area contributed by atoms with E-state index < -0.39 is 0 Å². The van der Waals surface area contributed by atoms with Crippen molar-refractivity contribution >= 4 is 34.5 Å². The normalized spacial score (nSPS) is 25.9. The highest BCUT2D eigenvalue weighted by Crippen LogP contribution is 2.34. The summed E-state index contributed by atoms with van der Waals surface area (Å²) in [6, 6.07) is 0.520. The molecule has 28 heavy (non-hydrogen) atoms. The van der Waals surface area contributed by atoms with Gasteiger partial charge in [-0.25, -0.2) is 9.97 Å². The van der Waals surface area contributed by atoms with Gasteiger partial charge in [0, 0.05) is 43.8 Å². The van der Waals surface area contributed by atoms with Crippen molar-refractivity contribution in [2.24, 2.45) is 5.92 Å². The Morgan fingerprint density at radius 3 is 3.00 bits per heavy atom. The van der Waals surface area contributed by atoms with Crippen LogP contribution in [0.4, 0.5) is 5.82 Å². The molecule has 2 aromatic rings. The number of anilines is 1. The van der Waals surface area contributed by atoms with Gasteiger partial charge in [0.05, 0.1) is 10.3 Å². The van der Waals surface area contributed by atoms with Crippen molar-refractivity contribution in [3.63, 3.8) is 0 Å². The second kappa shape index (κ2) is 7.08. The molecule has 0 aromatic carbocycles. The lowest BCUT2D eigenvalue weighted by atomic mass is 9.92. The molecule has 8 heteroatoms. The molecule has 5 rings (SSSR count). The summed E-state index contributed by atoms with van der Waals surface area (Å²) >= 11 is 1.66. The Morgan fingerprint density at radius 1 is 1.25 bits per heavy atom. The van der Waals surface area contributed by atoms with E-state index >= 15 is 0 Å². The number of aromatic amines is 1. The number of carbonyl (C=O) groups excluding carboxylic acids is 1. The summed E-state index contributed by atoms with van der Waals surface area (Å²) in [5, 5.41) is 1.03. The number of carbonyl (C=O) groups is 1. The number of rotatable bonds is 2. The third-order valence-electron chi connectivity index (χ3n) is 6.42. The number of piperidine rings is 1. The number of aromatic nitrogens is 3. The highest BCUT2D eigenvalue weighted by Gasteiger charge is 2.38. The molecule has 3 aliphatic rings. The maximum Gasteiger partial charge on any atom is 0.261 e. The lowest BCUT2D eigenvalue weighted by Gasteiger charge is -2.38. The highest BCUT2D eigenvalue weighted by molar-refractivity contribution is 8.04. The molecule has 0 unspecified atom stereocenters. The minimum absolute atomic E-state index is 0.171. The maximum atomic E-state index is 13.3. The quantitative estimate of drug-likeness (QED) is 0.837. The van der Waals surface area contributed by atoms with Crippen LogP contribution in [0.3, 0.4) is 0 Å². The van der Waals surface area contributed by atoms with E-state index in [0.717, 1.165) is 71.6 Å². The van der Waals surface area contributed by atoms with E-state index in [1.807, 2.05) is 12.4 Å². The van der Waals surface area contributed by atoms with Crippen molar-refractivity contribution in [1.82, 2.24) is 24.8 Å². The Hall–Kier alpha value is -2.06. The van der Waals surface area contributed by atoms with Gasteiger partial charge in [-0.05, 0) is 44.8 Å². The largest absolute Gasteiger partial charge is 0.346 e. The number of hydrogen-bond acceptors (Lipinski definition) is 6. The summed E-state index contributed by atoms with van der Waals surface area (Å²) in [6.45, 7) is 5.78. The molecule has 2 fully saturated rings. The summed E-state index contributed by atoms with van der Waals surface area (Å²) in [6.07, 6.45) is 7.94. The fraction of sp³-hybridized carbons (Fsp3) is 0.550. The van der Waals surface area contributed by atoms with E-state index in [1.54, 1.807) is 18.1 Å². The zero-order valence-electron chi connectivity index (χ0n) is 16.4. The Balaban J connectivity index is 1.40. The molecule has 3 aliphatic heterocycles. The van der Waals surface area contributed by atoms with Crippen LogP contribution >= 0.6 is 11.8 Å². The van der Waals surface area contributed by atoms with E-state index in [1.165, 1.54) is 6.42 Å². The number of nitrogens with one attached hydrogen (secondary N) is 1. The minimum atomic E-state index is 0.171. The summed E-state index contributed by atoms with van der Waals surface area (Å²) in [5.74, 6) is 2.68. The number of likely N-dealkylation sites (tertiary alicyclic amines) is 2. The minimum Gasteiger partial charge on any atom is -0.346 e. The van der Waals surface area contributed by atoms with Crippen LogP contribution in [0.5, 0.6) is 0 Å². The van der Waals surface area contributed by atoms with Crippen LogP contribution < -0.4 is 4.90 Å². The summed E-state index contributed by atoms with van der Waals surface area (Å²) < 4.78 is 0. The molecule has 7 nitrogen and oxygen atoms in total. The molecular weight excluding hydrogens is 372 g/mol. The van der Waals surface area contributed by atoms with Crippen molar-refractivity contribution in [3.05, 3.63) is 29.2 Å². The molecule has 2 atom stereocenters. The van der Waals surface area contributed by atoms with Crippen LogP contribution in [0.1, 0.15) is 18.4 Å². The number of thioether (sulfide) groups is 1. The zero-order chi connectivity index (χ0) is 19.3. The molecular formula is C20H26N6OS. The molecule has 0 aliphatic carbocycles. The van der Waals surface area contributed by atoms with Crippen LogP contribution in [-0.2, 0) is 4.79 Å². The fourth-order valence-corrected chi connectivity index (χ4v) is 5.75. The maximum absolute atomic E-state index is 13.3. The first-order valence-corrected chi connectivity index (χ1v) is 11.0. The number of amides is 1. The predicted molar refractivity (Wildman–Crippen MR) is 112 cm³/mol. The molecule has 1 N–H and O–H groups in total. The van der Waals surface area contributed by atoms with E-state index in [2.05, 4.69) is 43.6 Å². The molecule has 1 amide bonds. The number of fused-ring (bicyclic) bond motifs is 2. The molecule has 2 saturated heterocycles. The molecule has 0 spiro atoms. The molecule has 148 valence electrons. The lowest BCUT2D eigenvalue weighted by molar-refractivity contribution is -0.128. The first-order valence-electron chi connectivity index (χ1n) is 10.0. The highest BCUT2D eigenvalue weighted by atomic mass is 32.2. The van der Waals surface area contributed by atoms with Crippen LogP contribution in [0.15, 0.2) is 23.6 Å². The van der Waals surface area contributed by atoms with Crippen molar-refractivity contribution in [1.29, 1.82) is 0 Å². The smallest absolute Gasteiger partial charge is 0.261 e. The van der Waals surface area contributed by atoms with Gasteiger partial charge in [-0.15, -0.1) is 11.8 Å². The van der Waals surface area contributed by atoms with Crippen molar-refractivity contribution < 1.29 is 4.79 Å². The van der Waals surface area contributed by atoms with Gasteiger partial charge >= 0.3 is 0 Å². The van der Waals surface area contributed by atoms with Crippen LogP contribution in [0.2, 0.25) is 0 Å². The summed E-state index contributed by atoms with van der Waals surface area (Å²) in [7, 11) is 2.19. The SMILES string of the molecule is Cc1c[nH]c2ncnc(N3C=C(C(=O)N4CC[C@H]5CCN(C)[C@H]5C4)SCC3)c12. The molecule has 2 aromatic heterocycles. The fourth-order valence-electron chi connectivity index (χ4n) is 4.79. The summed E-state index contributed by atoms with van der Waals surface area (Å²) in [4.78, 5) is 32.7. The number of hydrogen-bond donors (Lipinski definition) is 1. The van der Waals surface area contributed by atoms with E-state index in [-0.39, 0.29) is 5.91 Å². The molecule has 5 heterocycles. The van der Waals surface area contributed by atoms with Gasteiger partial charge in [0.2, 0.25) is 0 Å². The number of likely N-dealkylation sites (N-methyl/N-ethyl adjacent to an activating group) is 1. The molecule has 0 saturated carbocycles. The Morgan fingerprint density at radius 2 is 2.11 bits per heavy atom. The molecule has 0 radical (unpaired) electrons. The van der Waals surface area contributed by atoms with Crippen LogP contribution in [0, 0.1) is 12.8 Å². The van der Waals surface area contributed by atoms with E-state index in [0.29, 0.717) is 6.04 Å². The third-order valence-corrected chi connectivity index (χ3v) is 7.40. The second-order valence-electron chi connectivity index (χ2n) is 8.06. The van der Waals surface area contributed by atoms with Gasteiger partial charge in [-0.3, -0.25) is 4.79 Å². The zero-order valence-corrected chi connectivity index (χ0v) is 17.2. The number of H-pyrrole nitrogens is 1. The van der Waals surface area contributed by atoms with E-state index in [4.69, 9.17) is 0 Å². The average molecular weight is 399 g/mol. The van der Waals surface area contributed by atoms with Crippen LogP contribution in [0.25, 0.3) is 11.0 Å². The Bertz CT molecular complexity index is 940. The lowest BCUT2D eigenvalue weighted by Crippen LogP contribution is -2.49. The second-order valence-corrected chi connectivity index (χ2v) is 9.20. The third kappa shape index (κ3) is 2.99.